The zero-order valence-corrected chi connectivity index (χ0v) is 12.0. The molecule has 0 saturated heterocycles. The second kappa shape index (κ2) is 7.59. The Morgan fingerprint density at radius 1 is 1.24 bits per heavy atom. The Morgan fingerprint density at radius 2 is 2.10 bits per heavy atom. The standard InChI is InChI=1S/C16H19FN2O2/c1-12-6-7-15(21-12)11-18-8-3-9-19-16(20)13-4-2-5-14(17)10-13/h2,4-7,10,18H,3,8-9,11H2,1H3,(H,19,20). The van der Waals surface area contributed by atoms with Crippen LogP contribution in [0, 0.1) is 12.7 Å². The Kier molecular flexibility index (Phi) is 5.51. The van der Waals surface area contributed by atoms with Crippen LogP contribution in [0.25, 0.3) is 0 Å². The van der Waals surface area contributed by atoms with Crippen molar-refractivity contribution in [1.29, 1.82) is 0 Å². The first-order valence-electron chi connectivity index (χ1n) is 6.95. The average Bonchev–Trinajstić information content (AvgIpc) is 2.88. The molecule has 0 atom stereocenters. The number of carbonyl (C=O) groups is 1. The summed E-state index contributed by atoms with van der Waals surface area (Å²) < 4.78 is 18.4. The average molecular weight is 290 g/mol. The fraction of sp³-hybridized carbons (Fsp3) is 0.312. The monoisotopic (exact) mass is 290 g/mol. The second-order valence-corrected chi connectivity index (χ2v) is 4.81. The molecule has 5 heteroatoms. The lowest BCUT2D eigenvalue weighted by atomic mass is 10.2. The summed E-state index contributed by atoms with van der Waals surface area (Å²) in [7, 11) is 0. The van der Waals surface area contributed by atoms with Gasteiger partial charge in [-0.2, -0.15) is 0 Å². The van der Waals surface area contributed by atoms with Crippen LogP contribution in [0.5, 0.6) is 0 Å². The molecule has 1 aromatic carbocycles. The van der Waals surface area contributed by atoms with Gasteiger partial charge >= 0.3 is 0 Å². The van der Waals surface area contributed by atoms with Crippen LogP contribution in [-0.2, 0) is 6.54 Å². The van der Waals surface area contributed by atoms with E-state index in [0.29, 0.717) is 18.7 Å². The minimum atomic E-state index is -0.405. The molecule has 0 saturated carbocycles. The van der Waals surface area contributed by atoms with Crippen molar-refractivity contribution in [1.82, 2.24) is 10.6 Å². The Bertz CT molecular complexity index is 595. The van der Waals surface area contributed by atoms with Gasteiger partial charge in [-0.05, 0) is 50.2 Å². The van der Waals surface area contributed by atoms with Gasteiger partial charge in [-0.15, -0.1) is 0 Å². The molecule has 2 N–H and O–H groups in total. The Hall–Kier alpha value is -2.14. The van der Waals surface area contributed by atoms with Gasteiger partial charge < -0.3 is 15.1 Å². The summed E-state index contributed by atoms with van der Waals surface area (Å²) in [5.74, 6) is 1.14. The van der Waals surface area contributed by atoms with Crippen molar-refractivity contribution >= 4 is 5.91 Å². The molecule has 0 bridgehead atoms. The third kappa shape index (κ3) is 5.04. The van der Waals surface area contributed by atoms with Gasteiger partial charge in [0.15, 0.2) is 0 Å². The van der Waals surface area contributed by atoms with Crippen LogP contribution in [0.15, 0.2) is 40.8 Å². The SMILES string of the molecule is Cc1ccc(CNCCCNC(=O)c2cccc(F)c2)o1. The zero-order valence-electron chi connectivity index (χ0n) is 12.0. The summed E-state index contributed by atoms with van der Waals surface area (Å²) in [5, 5.41) is 5.99. The van der Waals surface area contributed by atoms with Crippen molar-refractivity contribution in [3.63, 3.8) is 0 Å². The Balaban J connectivity index is 1.60. The van der Waals surface area contributed by atoms with Crippen LogP contribution in [0.2, 0.25) is 0 Å². The molecular weight excluding hydrogens is 271 g/mol. The molecule has 0 aliphatic heterocycles. The van der Waals surface area contributed by atoms with E-state index in [0.717, 1.165) is 24.5 Å². The van der Waals surface area contributed by atoms with Gasteiger partial charge in [-0.3, -0.25) is 4.79 Å². The molecule has 0 fully saturated rings. The van der Waals surface area contributed by atoms with Gasteiger partial charge in [0.05, 0.1) is 6.54 Å². The number of amides is 1. The topological polar surface area (TPSA) is 54.3 Å². The van der Waals surface area contributed by atoms with E-state index in [1.165, 1.54) is 18.2 Å². The van der Waals surface area contributed by atoms with Crippen LogP contribution in [0.3, 0.4) is 0 Å². The summed E-state index contributed by atoms with van der Waals surface area (Å²) in [6.07, 6.45) is 0.792. The lowest BCUT2D eigenvalue weighted by Gasteiger charge is -2.06. The maximum atomic E-state index is 13.0. The Labute approximate surface area is 123 Å². The van der Waals surface area contributed by atoms with Gasteiger partial charge in [-0.25, -0.2) is 4.39 Å². The number of carbonyl (C=O) groups excluding carboxylic acids is 1. The number of furan rings is 1. The second-order valence-electron chi connectivity index (χ2n) is 4.81. The molecular formula is C16H19FN2O2. The first kappa shape index (κ1) is 15.3. The minimum Gasteiger partial charge on any atom is -0.465 e. The number of halogens is 1. The van der Waals surface area contributed by atoms with Gasteiger partial charge in [-0.1, -0.05) is 6.07 Å². The summed E-state index contributed by atoms with van der Waals surface area (Å²) in [6.45, 7) is 3.89. The van der Waals surface area contributed by atoms with Gasteiger partial charge in [0, 0.05) is 12.1 Å². The fourth-order valence-corrected chi connectivity index (χ4v) is 1.94. The number of rotatable bonds is 7. The predicted molar refractivity (Wildman–Crippen MR) is 78.5 cm³/mol. The van der Waals surface area contributed by atoms with Crippen molar-refractivity contribution in [2.45, 2.75) is 19.9 Å². The summed E-state index contributed by atoms with van der Waals surface area (Å²) in [4.78, 5) is 11.7. The maximum absolute atomic E-state index is 13.0. The zero-order chi connectivity index (χ0) is 15.1. The number of benzene rings is 1. The van der Waals surface area contributed by atoms with E-state index in [4.69, 9.17) is 4.42 Å². The first-order chi connectivity index (χ1) is 10.1. The van der Waals surface area contributed by atoms with Gasteiger partial charge in [0.2, 0.25) is 0 Å². The van der Waals surface area contributed by atoms with E-state index >= 15 is 0 Å². The van der Waals surface area contributed by atoms with Gasteiger partial charge in [0.25, 0.3) is 5.91 Å². The summed E-state index contributed by atoms with van der Waals surface area (Å²) >= 11 is 0. The lowest BCUT2D eigenvalue weighted by Crippen LogP contribution is -2.27. The van der Waals surface area contributed by atoms with Crippen LogP contribution >= 0.6 is 0 Å². The van der Waals surface area contributed by atoms with Crippen molar-refractivity contribution < 1.29 is 13.6 Å². The van der Waals surface area contributed by atoms with Crippen LogP contribution < -0.4 is 10.6 Å². The summed E-state index contributed by atoms with van der Waals surface area (Å²) in [5.41, 5.74) is 0.342. The van der Waals surface area contributed by atoms with E-state index in [9.17, 15) is 9.18 Å². The molecule has 0 radical (unpaired) electrons. The highest BCUT2D eigenvalue weighted by molar-refractivity contribution is 5.94. The molecule has 0 spiro atoms. The third-order valence-electron chi connectivity index (χ3n) is 3.00. The van der Waals surface area contributed by atoms with Gasteiger partial charge in [0.1, 0.15) is 17.3 Å². The number of aryl methyl sites for hydroxylation is 1. The smallest absolute Gasteiger partial charge is 0.251 e. The minimum absolute atomic E-state index is 0.254. The normalized spacial score (nSPS) is 10.6. The summed E-state index contributed by atoms with van der Waals surface area (Å²) in [6, 6.07) is 9.53. The first-order valence-corrected chi connectivity index (χ1v) is 6.95. The lowest BCUT2D eigenvalue weighted by molar-refractivity contribution is 0.0952. The molecule has 0 aliphatic carbocycles. The van der Waals surface area contributed by atoms with E-state index in [2.05, 4.69) is 10.6 Å². The highest BCUT2D eigenvalue weighted by atomic mass is 19.1. The number of nitrogens with one attached hydrogen (secondary N) is 2. The highest BCUT2D eigenvalue weighted by Crippen LogP contribution is 2.05. The van der Waals surface area contributed by atoms with Crippen molar-refractivity contribution in [3.05, 3.63) is 59.3 Å². The third-order valence-corrected chi connectivity index (χ3v) is 3.00. The van der Waals surface area contributed by atoms with Crippen LogP contribution in [0.4, 0.5) is 4.39 Å². The van der Waals surface area contributed by atoms with Crippen LogP contribution in [0.1, 0.15) is 28.3 Å². The molecule has 1 aromatic heterocycles. The maximum Gasteiger partial charge on any atom is 0.251 e. The number of hydrogen-bond donors (Lipinski definition) is 2. The molecule has 1 amide bonds. The molecule has 2 aromatic rings. The van der Waals surface area contributed by atoms with Crippen LogP contribution in [-0.4, -0.2) is 19.0 Å². The Morgan fingerprint density at radius 3 is 2.81 bits per heavy atom. The fourth-order valence-electron chi connectivity index (χ4n) is 1.94. The predicted octanol–water partition coefficient (Wildman–Crippen LogP) is 2.64. The largest absolute Gasteiger partial charge is 0.465 e. The van der Waals surface area contributed by atoms with Crippen molar-refractivity contribution in [3.8, 4) is 0 Å². The van der Waals surface area contributed by atoms with Crippen molar-refractivity contribution in [2.24, 2.45) is 0 Å². The molecule has 21 heavy (non-hydrogen) atoms. The van der Waals surface area contributed by atoms with E-state index in [1.54, 1.807) is 6.07 Å². The van der Waals surface area contributed by atoms with Crippen molar-refractivity contribution in [2.75, 3.05) is 13.1 Å². The highest BCUT2D eigenvalue weighted by Gasteiger charge is 2.05. The molecule has 112 valence electrons. The molecule has 1 heterocycles. The van der Waals surface area contributed by atoms with E-state index < -0.39 is 5.82 Å². The molecule has 2 rings (SSSR count). The molecule has 4 nitrogen and oxygen atoms in total. The van der Waals surface area contributed by atoms with E-state index in [1.807, 2.05) is 19.1 Å². The quantitative estimate of drug-likeness (QED) is 0.771. The number of hydrogen-bond acceptors (Lipinski definition) is 3. The molecule has 0 unspecified atom stereocenters. The van der Waals surface area contributed by atoms with E-state index in [-0.39, 0.29) is 5.91 Å². The molecule has 0 aliphatic rings.